The molecule has 1 heterocycles. The summed E-state index contributed by atoms with van der Waals surface area (Å²) in [5.74, 6) is 0.916. The Morgan fingerprint density at radius 3 is 2.50 bits per heavy atom. The lowest BCUT2D eigenvalue weighted by Gasteiger charge is -2.33. The molecular formula is C19H30Cl2IN5O. The van der Waals surface area contributed by atoms with Gasteiger partial charge in [-0.2, -0.15) is 0 Å². The van der Waals surface area contributed by atoms with Crippen LogP contribution in [0.15, 0.2) is 23.2 Å². The van der Waals surface area contributed by atoms with Gasteiger partial charge >= 0.3 is 0 Å². The first-order valence-corrected chi connectivity index (χ1v) is 10.1. The van der Waals surface area contributed by atoms with E-state index in [0.29, 0.717) is 16.6 Å². The van der Waals surface area contributed by atoms with E-state index in [4.69, 9.17) is 23.2 Å². The lowest BCUT2D eigenvalue weighted by atomic mass is 10.1. The fourth-order valence-corrected chi connectivity index (χ4v) is 3.62. The molecule has 0 spiro atoms. The van der Waals surface area contributed by atoms with E-state index in [1.165, 1.54) is 0 Å². The maximum atomic E-state index is 11.4. The summed E-state index contributed by atoms with van der Waals surface area (Å²) in [6.07, 6.45) is 0. The molecule has 0 aliphatic carbocycles. The van der Waals surface area contributed by atoms with Crippen molar-refractivity contribution in [1.29, 1.82) is 0 Å². The number of rotatable bonds is 6. The predicted octanol–water partition coefficient (Wildman–Crippen LogP) is 3.39. The molecule has 1 aromatic rings. The van der Waals surface area contributed by atoms with Crippen molar-refractivity contribution in [2.75, 3.05) is 45.8 Å². The van der Waals surface area contributed by atoms with Crippen LogP contribution in [-0.4, -0.2) is 67.5 Å². The fourth-order valence-electron chi connectivity index (χ4n) is 3.05. The molecule has 1 unspecified atom stereocenters. The van der Waals surface area contributed by atoms with Crippen LogP contribution in [0, 0.1) is 0 Å². The van der Waals surface area contributed by atoms with Crippen LogP contribution < -0.4 is 10.6 Å². The van der Waals surface area contributed by atoms with Crippen molar-refractivity contribution in [3.63, 3.8) is 0 Å². The van der Waals surface area contributed by atoms with Crippen molar-refractivity contribution in [3.8, 4) is 0 Å². The number of benzene rings is 1. The number of guanidine groups is 1. The molecule has 0 radical (unpaired) electrons. The second-order valence-corrected chi connectivity index (χ2v) is 7.48. The quantitative estimate of drug-likeness (QED) is 0.329. The molecule has 6 nitrogen and oxygen atoms in total. The first-order chi connectivity index (χ1) is 12.9. The summed E-state index contributed by atoms with van der Waals surface area (Å²) in [6.45, 7) is 11.4. The van der Waals surface area contributed by atoms with Crippen molar-refractivity contribution in [2.24, 2.45) is 4.99 Å². The van der Waals surface area contributed by atoms with Crippen LogP contribution in [0.1, 0.15) is 32.4 Å². The number of hydrogen-bond acceptors (Lipinski definition) is 3. The Bertz CT molecular complexity index is 666. The van der Waals surface area contributed by atoms with Gasteiger partial charge in [0.15, 0.2) is 5.96 Å². The normalized spacial score (nSPS) is 16.3. The van der Waals surface area contributed by atoms with Gasteiger partial charge in [0.2, 0.25) is 5.91 Å². The smallest absolute Gasteiger partial charge is 0.219 e. The Hall–Kier alpha value is -0.770. The number of amides is 1. The molecule has 2 rings (SSSR count). The van der Waals surface area contributed by atoms with Crippen LogP contribution in [0.3, 0.4) is 0 Å². The molecule has 1 atom stereocenters. The van der Waals surface area contributed by atoms with E-state index >= 15 is 0 Å². The Morgan fingerprint density at radius 2 is 1.93 bits per heavy atom. The standard InChI is InChI=1S/C19H29Cl2N5O.HI/c1-4-22-19(24-14(2)17-6-5-16(20)13-18(17)21)23-7-8-25-9-11-26(12-10-25)15(3)27;/h5-6,13-14H,4,7-12H2,1-3H3,(H2,22,23,24);1H. The summed E-state index contributed by atoms with van der Waals surface area (Å²) in [5, 5.41) is 7.93. The molecule has 1 saturated heterocycles. The van der Waals surface area contributed by atoms with Crippen molar-refractivity contribution < 1.29 is 4.79 Å². The van der Waals surface area contributed by atoms with Crippen LogP contribution in [0.25, 0.3) is 0 Å². The molecular weight excluding hydrogens is 512 g/mol. The van der Waals surface area contributed by atoms with Crippen molar-refractivity contribution in [1.82, 2.24) is 20.4 Å². The van der Waals surface area contributed by atoms with Crippen LogP contribution in [0.4, 0.5) is 0 Å². The zero-order chi connectivity index (χ0) is 19.8. The molecule has 0 saturated carbocycles. The largest absolute Gasteiger partial charge is 0.357 e. The van der Waals surface area contributed by atoms with Gasteiger partial charge in [0, 0.05) is 56.2 Å². The Morgan fingerprint density at radius 1 is 1.25 bits per heavy atom. The molecule has 2 N–H and O–H groups in total. The Kier molecular flexibility index (Phi) is 11.5. The van der Waals surface area contributed by atoms with E-state index in [2.05, 4.69) is 20.5 Å². The van der Waals surface area contributed by atoms with E-state index in [0.717, 1.165) is 50.8 Å². The van der Waals surface area contributed by atoms with Crippen LogP contribution in [-0.2, 0) is 4.79 Å². The lowest BCUT2D eigenvalue weighted by Crippen LogP contribution is -2.48. The van der Waals surface area contributed by atoms with Gasteiger partial charge in [-0.25, -0.2) is 0 Å². The number of nitrogens with zero attached hydrogens (tertiary/aromatic N) is 3. The maximum absolute atomic E-state index is 11.4. The van der Waals surface area contributed by atoms with Gasteiger partial charge in [0.05, 0.1) is 12.6 Å². The molecule has 9 heteroatoms. The third-order valence-corrected chi connectivity index (χ3v) is 5.19. The third kappa shape index (κ3) is 7.93. The van der Waals surface area contributed by atoms with Gasteiger partial charge in [-0.05, 0) is 31.5 Å². The number of carbonyl (C=O) groups is 1. The predicted molar refractivity (Wildman–Crippen MR) is 128 cm³/mol. The summed E-state index contributed by atoms with van der Waals surface area (Å²) in [5.41, 5.74) is 0.979. The molecule has 28 heavy (non-hydrogen) atoms. The summed E-state index contributed by atoms with van der Waals surface area (Å²) >= 11 is 12.3. The van der Waals surface area contributed by atoms with Gasteiger partial charge in [-0.3, -0.25) is 14.7 Å². The second-order valence-electron chi connectivity index (χ2n) is 6.64. The minimum absolute atomic E-state index is 0. The number of hydrogen-bond donors (Lipinski definition) is 2. The van der Waals surface area contributed by atoms with Crippen molar-refractivity contribution >= 4 is 59.0 Å². The second kappa shape index (κ2) is 12.7. The highest BCUT2D eigenvalue weighted by molar-refractivity contribution is 14.0. The maximum Gasteiger partial charge on any atom is 0.219 e. The van der Waals surface area contributed by atoms with Crippen LogP contribution >= 0.6 is 47.2 Å². The van der Waals surface area contributed by atoms with Gasteiger partial charge < -0.3 is 15.5 Å². The Labute approximate surface area is 195 Å². The van der Waals surface area contributed by atoms with Crippen molar-refractivity contribution in [3.05, 3.63) is 33.8 Å². The minimum Gasteiger partial charge on any atom is -0.357 e. The van der Waals surface area contributed by atoms with Gasteiger partial charge in [0.1, 0.15) is 0 Å². The molecule has 1 aromatic carbocycles. The summed E-state index contributed by atoms with van der Waals surface area (Å²) < 4.78 is 0. The van der Waals surface area contributed by atoms with Crippen LogP contribution in [0.5, 0.6) is 0 Å². The summed E-state index contributed by atoms with van der Waals surface area (Å²) in [7, 11) is 0. The highest BCUT2D eigenvalue weighted by Crippen LogP contribution is 2.25. The number of aliphatic imine (C=N–C) groups is 1. The number of halogens is 3. The zero-order valence-electron chi connectivity index (χ0n) is 16.7. The van der Waals surface area contributed by atoms with E-state index < -0.39 is 0 Å². The molecule has 1 fully saturated rings. The van der Waals surface area contributed by atoms with Crippen LogP contribution in [0.2, 0.25) is 10.0 Å². The van der Waals surface area contributed by atoms with Gasteiger partial charge in [-0.1, -0.05) is 29.3 Å². The summed E-state index contributed by atoms with van der Waals surface area (Å²) in [6, 6.07) is 5.53. The van der Waals surface area contributed by atoms with Gasteiger partial charge in [-0.15, -0.1) is 24.0 Å². The molecule has 0 aromatic heterocycles. The highest BCUT2D eigenvalue weighted by atomic mass is 127. The van der Waals surface area contributed by atoms with Gasteiger partial charge in [0.25, 0.3) is 0 Å². The fraction of sp³-hybridized carbons (Fsp3) is 0.579. The molecule has 1 aliphatic rings. The first-order valence-electron chi connectivity index (χ1n) is 9.38. The lowest BCUT2D eigenvalue weighted by molar-refractivity contribution is -0.130. The number of carbonyl (C=O) groups excluding carboxylic acids is 1. The molecule has 1 aliphatic heterocycles. The SMILES string of the molecule is CCNC(=NCCN1CCN(C(C)=O)CC1)NC(C)c1ccc(Cl)cc1Cl.I. The summed E-state index contributed by atoms with van der Waals surface area (Å²) in [4.78, 5) is 20.3. The average molecular weight is 542 g/mol. The first kappa shape index (κ1) is 25.3. The number of nitrogens with one attached hydrogen (secondary N) is 2. The van der Waals surface area contributed by atoms with E-state index in [1.54, 1.807) is 13.0 Å². The zero-order valence-corrected chi connectivity index (χ0v) is 20.5. The van der Waals surface area contributed by atoms with Crippen molar-refractivity contribution in [2.45, 2.75) is 26.8 Å². The Balaban J connectivity index is 0.00000392. The molecule has 1 amide bonds. The molecule has 0 bridgehead atoms. The van der Waals surface area contributed by atoms with E-state index in [-0.39, 0.29) is 35.9 Å². The van der Waals surface area contributed by atoms with E-state index in [1.807, 2.05) is 30.9 Å². The highest BCUT2D eigenvalue weighted by Gasteiger charge is 2.18. The van der Waals surface area contributed by atoms with E-state index in [9.17, 15) is 4.79 Å². The average Bonchev–Trinajstić information content (AvgIpc) is 2.62. The topological polar surface area (TPSA) is 60.0 Å². The minimum atomic E-state index is 0. The number of piperazine rings is 1. The molecule has 158 valence electrons. The third-order valence-electron chi connectivity index (χ3n) is 4.63. The monoisotopic (exact) mass is 541 g/mol.